The van der Waals surface area contributed by atoms with Gasteiger partial charge in [-0.1, -0.05) is 12.2 Å². The highest BCUT2D eigenvalue weighted by molar-refractivity contribution is 14.0. The summed E-state index contributed by atoms with van der Waals surface area (Å²) in [7, 11) is 3.46. The van der Waals surface area contributed by atoms with E-state index in [1.54, 1.807) is 20.4 Å². The van der Waals surface area contributed by atoms with Gasteiger partial charge in [0.2, 0.25) is 5.91 Å². The van der Waals surface area contributed by atoms with Crippen LogP contribution in [0, 0.1) is 0 Å². The number of furan rings is 1. The molecule has 0 radical (unpaired) electrons. The van der Waals surface area contributed by atoms with Gasteiger partial charge in [-0.25, -0.2) is 4.99 Å². The summed E-state index contributed by atoms with van der Waals surface area (Å²) in [6, 6.07) is 4.08. The van der Waals surface area contributed by atoms with Crippen molar-refractivity contribution in [3.63, 3.8) is 0 Å². The fraction of sp³-hybridized carbons (Fsp3) is 0.579. The maximum Gasteiger partial charge on any atom is 0.243 e. The Morgan fingerprint density at radius 2 is 2.07 bits per heavy atom. The molecule has 152 valence electrons. The standard InChI is InChI=1S/C19H31N5O2.HI/c1-15(2)12-20-19(22-14-18(25)23(3)4)21-13-16(17-8-7-11-26-17)24-9-5-6-10-24;/h7-8,11,16H,1,5-6,9-10,12-14H2,2-4H3,(H2,20,21,22);1H. The molecule has 1 aliphatic rings. The second kappa shape index (κ2) is 12.0. The lowest BCUT2D eigenvalue weighted by Gasteiger charge is -2.27. The fourth-order valence-corrected chi connectivity index (χ4v) is 2.83. The van der Waals surface area contributed by atoms with Crippen LogP contribution in [-0.2, 0) is 4.79 Å². The van der Waals surface area contributed by atoms with E-state index in [0.717, 1.165) is 24.4 Å². The number of nitrogens with zero attached hydrogens (tertiary/aromatic N) is 3. The molecule has 1 saturated heterocycles. The van der Waals surface area contributed by atoms with Crippen LogP contribution >= 0.6 is 24.0 Å². The summed E-state index contributed by atoms with van der Waals surface area (Å²) in [5, 5.41) is 6.58. The zero-order valence-corrected chi connectivity index (χ0v) is 18.9. The molecule has 7 nitrogen and oxygen atoms in total. The van der Waals surface area contributed by atoms with Gasteiger partial charge in [0.15, 0.2) is 5.96 Å². The molecule has 0 spiro atoms. The quantitative estimate of drug-likeness (QED) is 0.254. The lowest BCUT2D eigenvalue weighted by Crippen LogP contribution is -2.43. The smallest absolute Gasteiger partial charge is 0.243 e. The molecule has 0 aromatic carbocycles. The Labute approximate surface area is 179 Å². The molecule has 1 aromatic heterocycles. The van der Waals surface area contributed by atoms with Gasteiger partial charge in [0.25, 0.3) is 0 Å². The van der Waals surface area contributed by atoms with Crippen molar-refractivity contribution in [2.75, 3.05) is 46.8 Å². The van der Waals surface area contributed by atoms with Crippen LogP contribution in [0.25, 0.3) is 0 Å². The Bertz CT molecular complexity index is 610. The number of likely N-dealkylation sites (N-methyl/N-ethyl adjacent to an activating group) is 1. The molecule has 0 bridgehead atoms. The molecule has 1 amide bonds. The van der Waals surface area contributed by atoms with Crippen molar-refractivity contribution in [2.24, 2.45) is 4.99 Å². The summed E-state index contributed by atoms with van der Waals surface area (Å²) in [6.07, 6.45) is 4.13. The second-order valence-corrected chi connectivity index (χ2v) is 6.92. The predicted octanol–water partition coefficient (Wildman–Crippen LogP) is 2.23. The molecule has 1 atom stereocenters. The average Bonchev–Trinajstić information content (AvgIpc) is 3.30. The molecule has 1 unspecified atom stereocenters. The van der Waals surface area contributed by atoms with Gasteiger partial charge in [-0.05, 0) is 45.0 Å². The second-order valence-electron chi connectivity index (χ2n) is 6.92. The number of carbonyl (C=O) groups excluding carboxylic acids is 1. The van der Waals surface area contributed by atoms with Gasteiger partial charge >= 0.3 is 0 Å². The predicted molar refractivity (Wildman–Crippen MR) is 119 cm³/mol. The molecule has 8 heteroatoms. The molecular formula is C19H32IN5O2. The van der Waals surface area contributed by atoms with Crippen molar-refractivity contribution >= 4 is 35.8 Å². The van der Waals surface area contributed by atoms with Crippen LogP contribution in [0.5, 0.6) is 0 Å². The monoisotopic (exact) mass is 489 g/mol. The van der Waals surface area contributed by atoms with E-state index in [1.807, 2.05) is 19.1 Å². The number of carbonyl (C=O) groups is 1. The number of hydrogen-bond donors (Lipinski definition) is 2. The van der Waals surface area contributed by atoms with Crippen LogP contribution in [0.3, 0.4) is 0 Å². The minimum atomic E-state index is -0.0384. The summed E-state index contributed by atoms with van der Waals surface area (Å²) in [5.74, 6) is 1.52. The number of halogens is 1. The highest BCUT2D eigenvalue weighted by Gasteiger charge is 2.25. The molecule has 1 aliphatic heterocycles. The van der Waals surface area contributed by atoms with Gasteiger partial charge in [0.1, 0.15) is 12.3 Å². The van der Waals surface area contributed by atoms with E-state index in [4.69, 9.17) is 4.42 Å². The van der Waals surface area contributed by atoms with Crippen molar-refractivity contribution < 1.29 is 9.21 Å². The van der Waals surface area contributed by atoms with Gasteiger partial charge in [0, 0.05) is 27.2 Å². The third-order valence-corrected chi connectivity index (χ3v) is 4.34. The van der Waals surface area contributed by atoms with E-state index in [1.165, 1.54) is 17.7 Å². The molecule has 1 aromatic rings. The van der Waals surface area contributed by atoms with Gasteiger partial charge in [-0.2, -0.15) is 0 Å². The topological polar surface area (TPSA) is 73.1 Å². The van der Waals surface area contributed by atoms with Crippen LogP contribution in [0.15, 0.2) is 40.0 Å². The highest BCUT2D eigenvalue weighted by Crippen LogP contribution is 2.24. The number of aliphatic imine (C=N–C) groups is 1. The normalized spacial score (nSPS) is 15.7. The molecule has 27 heavy (non-hydrogen) atoms. The lowest BCUT2D eigenvalue weighted by atomic mass is 10.2. The molecule has 2 rings (SSSR count). The number of amides is 1. The third kappa shape index (κ3) is 7.92. The largest absolute Gasteiger partial charge is 0.468 e. The van der Waals surface area contributed by atoms with Crippen molar-refractivity contribution in [1.82, 2.24) is 20.4 Å². The fourth-order valence-electron chi connectivity index (χ4n) is 2.83. The Morgan fingerprint density at radius 1 is 1.37 bits per heavy atom. The summed E-state index contributed by atoms with van der Waals surface area (Å²) in [5.41, 5.74) is 1.00. The summed E-state index contributed by atoms with van der Waals surface area (Å²) >= 11 is 0. The highest BCUT2D eigenvalue weighted by atomic mass is 127. The van der Waals surface area contributed by atoms with Crippen molar-refractivity contribution in [3.05, 3.63) is 36.3 Å². The van der Waals surface area contributed by atoms with E-state index in [2.05, 4.69) is 27.1 Å². The number of nitrogens with one attached hydrogen (secondary N) is 2. The van der Waals surface area contributed by atoms with Crippen LogP contribution < -0.4 is 10.6 Å². The van der Waals surface area contributed by atoms with Crippen LogP contribution in [0.4, 0.5) is 0 Å². The van der Waals surface area contributed by atoms with E-state index in [-0.39, 0.29) is 42.5 Å². The van der Waals surface area contributed by atoms with Crippen LogP contribution in [0.1, 0.15) is 31.6 Å². The summed E-state index contributed by atoms with van der Waals surface area (Å²) < 4.78 is 5.65. The van der Waals surface area contributed by atoms with E-state index in [0.29, 0.717) is 19.0 Å². The first-order valence-electron chi connectivity index (χ1n) is 9.11. The lowest BCUT2D eigenvalue weighted by molar-refractivity contribution is -0.127. The Balaban J connectivity index is 0.00000364. The summed E-state index contributed by atoms with van der Waals surface area (Å²) in [4.78, 5) is 20.2. The number of guanidine groups is 1. The summed E-state index contributed by atoms with van der Waals surface area (Å²) in [6.45, 7) is 9.36. The zero-order valence-electron chi connectivity index (χ0n) is 16.5. The Morgan fingerprint density at radius 3 is 2.63 bits per heavy atom. The Kier molecular flexibility index (Phi) is 10.5. The first-order chi connectivity index (χ1) is 12.5. The number of hydrogen-bond acceptors (Lipinski definition) is 4. The molecule has 2 N–H and O–H groups in total. The van der Waals surface area contributed by atoms with Gasteiger partial charge in [-0.15, -0.1) is 24.0 Å². The van der Waals surface area contributed by atoms with Gasteiger partial charge in [0.05, 0.1) is 12.3 Å². The maximum atomic E-state index is 11.8. The molecule has 2 heterocycles. The van der Waals surface area contributed by atoms with Crippen molar-refractivity contribution in [3.8, 4) is 0 Å². The molecule has 1 fully saturated rings. The van der Waals surface area contributed by atoms with Gasteiger partial charge in [-0.3, -0.25) is 9.69 Å². The van der Waals surface area contributed by atoms with Crippen molar-refractivity contribution in [1.29, 1.82) is 0 Å². The minimum Gasteiger partial charge on any atom is -0.468 e. The van der Waals surface area contributed by atoms with E-state index < -0.39 is 0 Å². The zero-order chi connectivity index (χ0) is 18.9. The first-order valence-corrected chi connectivity index (χ1v) is 9.11. The minimum absolute atomic E-state index is 0. The van der Waals surface area contributed by atoms with Crippen LogP contribution in [0.2, 0.25) is 0 Å². The first kappa shape index (κ1) is 23.5. The molecule has 0 saturated carbocycles. The Hall–Kier alpha value is -1.55. The number of likely N-dealkylation sites (tertiary alicyclic amines) is 1. The SMILES string of the molecule is C=C(C)CNC(=NCC(=O)N(C)C)NCC(c1ccco1)N1CCCC1.I. The van der Waals surface area contributed by atoms with Crippen molar-refractivity contribution in [2.45, 2.75) is 25.8 Å². The van der Waals surface area contributed by atoms with Gasteiger partial charge < -0.3 is 20.0 Å². The third-order valence-electron chi connectivity index (χ3n) is 4.34. The number of rotatable bonds is 8. The molecular weight excluding hydrogens is 457 g/mol. The molecule has 0 aliphatic carbocycles. The maximum absolute atomic E-state index is 11.8. The van der Waals surface area contributed by atoms with Crippen LogP contribution in [-0.4, -0.2) is 68.5 Å². The average molecular weight is 489 g/mol. The van der Waals surface area contributed by atoms with E-state index >= 15 is 0 Å². The van der Waals surface area contributed by atoms with E-state index in [9.17, 15) is 4.79 Å².